The zero-order valence-corrected chi connectivity index (χ0v) is 11.3. The number of carbonyl (C=O) groups is 1. The maximum Gasteiger partial charge on any atom is 0.227 e. The van der Waals surface area contributed by atoms with Gasteiger partial charge < -0.3 is 4.90 Å². The van der Waals surface area contributed by atoms with E-state index in [-0.39, 0.29) is 5.91 Å². The topological polar surface area (TPSA) is 20.3 Å². The molecule has 1 fully saturated rings. The average molecular weight is 282 g/mol. The van der Waals surface area contributed by atoms with Crippen molar-refractivity contribution in [1.29, 1.82) is 0 Å². The zero-order chi connectivity index (χ0) is 11.7. The van der Waals surface area contributed by atoms with Crippen molar-refractivity contribution in [3.63, 3.8) is 0 Å². The lowest BCUT2D eigenvalue weighted by Gasteiger charge is -2.17. The van der Waals surface area contributed by atoms with Crippen molar-refractivity contribution in [2.75, 3.05) is 16.8 Å². The summed E-state index contributed by atoms with van der Waals surface area (Å²) < 4.78 is 0. The van der Waals surface area contributed by atoms with Crippen LogP contribution in [0.2, 0.25) is 0 Å². The highest BCUT2D eigenvalue weighted by atomic mass is 79.9. The summed E-state index contributed by atoms with van der Waals surface area (Å²) in [5, 5.41) is 0.903. The molecule has 1 aliphatic rings. The monoisotopic (exact) mass is 281 g/mol. The molecule has 0 spiro atoms. The van der Waals surface area contributed by atoms with Gasteiger partial charge in [0.05, 0.1) is 0 Å². The quantitative estimate of drug-likeness (QED) is 0.763. The van der Waals surface area contributed by atoms with Crippen LogP contribution in [-0.4, -0.2) is 17.8 Å². The zero-order valence-electron chi connectivity index (χ0n) is 9.66. The molecule has 2 rings (SSSR count). The molecule has 2 nitrogen and oxygen atoms in total. The fourth-order valence-electron chi connectivity index (χ4n) is 2.03. The molecule has 3 heteroatoms. The Bertz CT molecular complexity index is 416. The third-order valence-corrected chi connectivity index (χ3v) is 4.14. The molecule has 86 valence electrons. The van der Waals surface area contributed by atoms with Crippen molar-refractivity contribution < 1.29 is 4.79 Å². The van der Waals surface area contributed by atoms with Crippen LogP contribution in [-0.2, 0) is 4.79 Å². The number of anilines is 1. The lowest BCUT2D eigenvalue weighted by atomic mass is 10.1. The molecule has 1 amide bonds. The summed E-state index contributed by atoms with van der Waals surface area (Å²) in [5.74, 6) is 0.696. The third-order valence-electron chi connectivity index (χ3n) is 3.23. The number of alkyl halides is 1. The van der Waals surface area contributed by atoms with Crippen molar-refractivity contribution >= 4 is 27.5 Å². The Hall–Kier alpha value is -0.830. The Balaban J connectivity index is 2.24. The van der Waals surface area contributed by atoms with E-state index in [1.165, 1.54) is 11.1 Å². The first kappa shape index (κ1) is 11.6. The van der Waals surface area contributed by atoms with Gasteiger partial charge in [-0.1, -0.05) is 22.0 Å². The fraction of sp³-hybridized carbons (Fsp3) is 0.462. The lowest BCUT2D eigenvalue weighted by Crippen LogP contribution is -2.24. The smallest absolute Gasteiger partial charge is 0.227 e. The molecule has 0 radical (unpaired) electrons. The first-order valence-electron chi connectivity index (χ1n) is 5.55. The van der Waals surface area contributed by atoms with Crippen LogP contribution in [0.5, 0.6) is 0 Å². The highest BCUT2D eigenvalue weighted by molar-refractivity contribution is 9.09. The molecule has 1 unspecified atom stereocenters. The van der Waals surface area contributed by atoms with Gasteiger partial charge in [0.25, 0.3) is 0 Å². The molecule has 0 aliphatic carbocycles. The second-order valence-electron chi connectivity index (χ2n) is 4.50. The number of amides is 1. The van der Waals surface area contributed by atoms with E-state index in [0.717, 1.165) is 17.6 Å². The second kappa shape index (κ2) is 4.58. The Morgan fingerprint density at radius 3 is 2.69 bits per heavy atom. The highest BCUT2D eigenvalue weighted by Gasteiger charge is 2.29. The van der Waals surface area contributed by atoms with Crippen LogP contribution >= 0.6 is 15.9 Å². The van der Waals surface area contributed by atoms with E-state index < -0.39 is 0 Å². The summed E-state index contributed by atoms with van der Waals surface area (Å²) in [6, 6.07) is 6.22. The molecule has 1 saturated heterocycles. The van der Waals surface area contributed by atoms with E-state index in [1.807, 2.05) is 11.0 Å². The number of aryl methyl sites for hydroxylation is 2. The average Bonchev–Trinajstić information content (AvgIpc) is 2.64. The van der Waals surface area contributed by atoms with Crippen LogP contribution < -0.4 is 4.90 Å². The predicted molar refractivity (Wildman–Crippen MR) is 70.2 cm³/mol. The molecule has 1 heterocycles. The summed E-state index contributed by atoms with van der Waals surface area (Å²) in [6.07, 6.45) is 0.665. The number of hydrogen-bond donors (Lipinski definition) is 0. The highest BCUT2D eigenvalue weighted by Crippen LogP contribution is 2.27. The summed E-state index contributed by atoms with van der Waals surface area (Å²) in [5.41, 5.74) is 3.55. The molecular formula is C13H16BrNO. The van der Waals surface area contributed by atoms with Crippen molar-refractivity contribution in [1.82, 2.24) is 0 Å². The molecule has 1 aromatic rings. The molecule has 0 aromatic heterocycles. The third kappa shape index (κ3) is 2.14. The number of nitrogens with zero attached hydrogens (tertiary/aromatic N) is 1. The molecular weight excluding hydrogens is 266 g/mol. The number of carbonyl (C=O) groups excluding carboxylic acids is 1. The predicted octanol–water partition coefficient (Wildman–Crippen LogP) is 3.05. The molecule has 0 N–H and O–H groups in total. The molecule has 16 heavy (non-hydrogen) atoms. The number of benzene rings is 1. The Morgan fingerprint density at radius 2 is 2.12 bits per heavy atom. The fourth-order valence-corrected chi connectivity index (χ4v) is 2.46. The number of halogens is 1. The molecule has 1 aromatic carbocycles. The first-order valence-corrected chi connectivity index (χ1v) is 6.67. The van der Waals surface area contributed by atoms with Crippen LogP contribution in [0.3, 0.4) is 0 Å². The van der Waals surface area contributed by atoms with Crippen molar-refractivity contribution in [2.24, 2.45) is 5.92 Å². The second-order valence-corrected chi connectivity index (χ2v) is 5.14. The van der Waals surface area contributed by atoms with Gasteiger partial charge in [-0.05, 0) is 43.0 Å². The van der Waals surface area contributed by atoms with Gasteiger partial charge >= 0.3 is 0 Å². The summed E-state index contributed by atoms with van der Waals surface area (Å²) in [4.78, 5) is 13.7. The van der Waals surface area contributed by atoms with E-state index in [2.05, 4.69) is 41.9 Å². The number of hydrogen-bond acceptors (Lipinski definition) is 1. The summed E-state index contributed by atoms with van der Waals surface area (Å²) in [6.45, 7) is 5.01. The Labute approximate surface area is 105 Å². The maximum absolute atomic E-state index is 11.8. The van der Waals surface area contributed by atoms with Crippen molar-refractivity contribution in [2.45, 2.75) is 20.3 Å². The van der Waals surface area contributed by atoms with E-state index in [0.29, 0.717) is 12.3 Å². The molecule has 0 saturated carbocycles. The van der Waals surface area contributed by atoms with Crippen LogP contribution in [0.1, 0.15) is 17.5 Å². The van der Waals surface area contributed by atoms with Crippen LogP contribution in [0.4, 0.5) is 5.69 Å². The van der Waals surface area contributed by atoms with E-state index in [1.54, 1.807) is 0 Å². The number of rotatable bonds is 2. The minimum absolute atomic E-state index is 0.243. The lowest BCUT2D eigenvalue weighted by molar-refractivity contribution is -0.117. The van der Waals surface area contributed by atoms with E-state index in [9.17, 15) is 4.79 Å². The van der Waals surface area contributed by atoms with Gasteiger partial charge in [0.1, 0.15) is 0 Å². The van der Waals surface area contributed by atoms with Gasteiger partial charge in [-0.25, -0.2) is 0 Å². The standard InChI is InChI=1S/C13H16BrNO/c1-9-3-4-12(5-10(9)2)15-8-11(7-14)6-13(15)16/h3-5,11H,6-8H2,1-2H3. The first-order chi connectivity index (χ1) is 7.61. The van der Waals surface area contributed by atoms with Gasteiger partial charge in [0, 0.05) is 24.0 Å². The van der Waals surface area contributed by atoms with Gasteiger partial charge in [-0.15, -0.1) is 0 Å². The minimum Gasteiger partial charge on any atom is -0.312 e. The molecule has 1 atom stereocenters. The van der Waals surface area contributed by atoms with E-state index >= 15 is 0 Å². The summed E-state index contributed by atoms with van der Waals surface area (Å²) >= 11 is 3.45. The van der Waals surface area contributed by atoms with Gasteiger partial charge in [-0.2, -0.15) is 0 Å². The largest absolute Gasteiger partial charge is 0.312 e. The molecule has 0 bridgehead atoms. The minimum atomic E-state index is 0.243. The van der Waals surface area contributed by atoms with Gasteiger partial charge in [-0.3, -0.25) is 4.79 Å². The van der Waals surface area contributed by atoms with Crippen LogP contribution in [0, 0.1) is 19.8 Å². The Kier molecular flexibility index (Phi) is 3.33. The SMILES string of the molecule is Cc1ccc(N2CC(CBr)CC2=O)cc1C. The Morgan fingerprint density at radius 1 is 1.38 bits per heavy atom. The van der Waals surface area contributed by atoms with E-state index in [4.69, 9.17) is 0 Å². The van der Waals surface area contributed by atoms with Crippen molar-refractivity contribution in [3.8, 4) is 0 Å². The van der Waals surface area contributed by atoms with Crippen LogP contribution in [0.15, 0.2) is 18.2 Å². The normalized spacial score (nSPS) is 20.6. The summed E-state index contributed by atoms with van der Waals surface area (Å²) in [7, 11) is 0. The maximum atomic E-state index is 11.8. The van der Waals surface area contributed by atoms with Gasteiger partial charge in [0.15, 0.2) is 0 Å². The van der Waals surface area contributed by atoms with Crippen molar-refractivity contribution in [3.05, 3.63) is 29.3 Å². The van der Waals surface area contributed by atoms with Gasteiger partial charge in [0.2, 0.25) is 5.91 Å². The molecule has 1 aliphatic heterocycles. The van der Waals surface area contributed by atoms with Crippen LogP contribution in [0.25, 0.3) is 0 Å².